The molecule has 2 aromatic rings. The molecule has 114 valence electrons. The number of rotatable bonds is 2. The van der Waals surface area contributed by atoms with E-state index in [2.05, 4.69) is 4.98 Å². The van der Waals surface area contributed by atoms with Crippen LogP contribution in [0.1, 0.15) is 41.9 Å². The zero-order valence-corrected chi connectivity index (χ0v) is 12.8. The summed E-state index contributed by atoms with van der Waals surface area (Å²) in [6, 6.07) is 5.40. The Labute approximate surface area is 132 Å². The van der Waals surface area contributed by atoms with Gasteiger partial charge < -0.3 is 9.15 Å². The highest BCUT2D eigenvalue weighted by Crippen LogP contribution is 2.43. The molecular formula is C16H15ClN2O3. The van der Waals surface area contributed by atoms with E-state index in [-0.39, 0.29) is 12.0 Å². The second kappa shape index (κ2) is 5.02. The lowest BCUT2D eigenvalue weighted by molar-refractivity contribution is 0.0933. The van der Waals surface area contributed by atoms with Crippen molar-refractivity contribution >= 4 is 23.2 Å². The van der Waals surface area contributed by atoms with Crippen LogP contribution < -0.4 is 9.64 Å². The predicted octanol–water partition coefficient (Wildman–Crippen LogP) is 3.63. The number of hydrogen-bond donors (Lipinski definition) is 0. The van der Waals surface area contributed by atoms with E-state index in [1.807, 2.05) is 19.1 Å². The standard InChI is InChI=1S/C16H15ClN2O3/c1-9-7-19(12-4-2-3-11(17)14(12)22-9)16(20)15-13(10-5-6-10)18-8-21-15/h2-4,8-10H,5-7H2,1H3. The second-order valence-corrected chi connectivity index (χ2v) is 6.18. The Morgan fingerprint density at radius 3 is 3.00 bits per heavy atom. The van der Waals surface area contributed by atoms with Crippen molar-refractivity contribution < 1.29 is 13.9 Å². The Bertz CT molecular complexity index is 739. The quantitative estimate of drug-likeness (QED) is 0.848. The molecule has 0 radical (unpaired) electrons. The van der Waals surface area contributed by atoms with Crippen molar-refractivity contribution in [3.63, 3.8) is 0 Å². The third-order valence-electron chi connectivity index (χ3n) is 3.99. The van der Waals surface area contributed by atoms with Gasteiger partial charge >= 0.3 is 0 Å². The van der Waals surface area contributed by atoms with Crippen LogP contribution in [0.25, 0.3) is 0 Å². The molecule has 1 aliphatic carbocycles. The average Bonchev–Trinajstić information content (AvgIpc) is 3.24. The lowest BCUT2D eigenvalue weighted by Crippen LogP contribution is -2.42. The molecule has 1 saturated carbocycles. The van der Waals surface area contributed by atoms with Gasteiger partial charge in [-0.1, -0.05) is 17.7 Å². The van der Waals surface area contributed by atoms with Crippen LogP contribution in [0.15, 0.2) is 29.0 Å². The Kier molecular flexibility index (Phi) is 3.11. The number of carbonyl (C=O) groups is 1. The van der Waals surface area contributed by atoms with E-state index in [1.165, 1.54) is 6.39 Å². The van der Waals surface area contributed by atoms with Crippen LogP contribution in [0, 0.1) is 0 Å². The van der Waals surface area contributed by atoms with Gasteiger partial charge in [0.25, 0.3) is 5.91 Å². The van der Waals surface area contributed by atoms with Crippen molar-refractivity contribution in [3.05, 3.63) is 41.1 Å². The fourth-order valence-electron chi connectivity index (χ4n) is 2.80. The fraction of sp³-hybridized carbons (Fsp3) is 0.375. The number of aromatic nitrogens is 1. The van der Waals surface area contributed by atoms with Crippen molar-refractivity contribution in [2.45, 2.75) is 31.8 Å². The summed E-state index contributed by atoms with van der Waals surface area (Å²) in [4.78, 5) is 18.8. The number of hydrogen-bond acceptors (Lipinski definition) is 4. The molecular weight excluding hydrogens is 304 g/mol. The van der Waals surface area contributed by atoms with Crippen molar-refractivity contribution in [1.82, 2.24) is 4.98 Å². The molecule has 1 aromatic carbocycles. The maximum Gasteiger partial charge on any atom is 0.296 e. The highest BCUT2D eigenvalue weighted by atomic mass is 35.5. The van der Waals surface area contributed by atoms with E-state index < -0.39 is 0 Å². The van der Waals surface area contributed by atoms with Gasteiger partial charge in [-0.3, -0.25) is 9.69 Å². The topological polar surface area (TPSA) is 55.6 Å². The zero-order valence-electron chi connectivity index (χ0n) is 12.1. The first kappa shape index (κ1) is 13.6. The maximum absolute atomic E-state index is 12.9. The van der Waals surface area contributed by atoms with E-state index in [4.69, 9.17) is 20.8 Å². The Balaban J connectivity index is 1.75. The Hall–Kier alpha value is -2.01. The largest absolute Gasteiger partial charge is 0.485 e. The van der Waals surface area contributed by atoms with Gasteiger partial charge in [0.2, 0.25) is 5.76 Å². The zero-order chi connectivity index (χ0) is 15.3. The SMILES string of the molecule is CC1CN(C(=O)c2ocnc2C2CC2)c2cccc(Cl)c2O1. The molecule has 0 N–H and O–H groups in total. The number of benzene rings is 1. The van der Waals surface area contributed by atoms with Gasteiger partial charge in [-0.05, 0) is 31.9 Å². The van der Waals surface area contributed by atoms with Crippen molar-refractivity contribution in [2.24, 2.45) is 0 Å². The average molecular weight is 319 g/mol. The van der Waals surface area contributed by atoms with Gasteiger partial charge in [0.15, 0.2) is 12.1 Å². The minimum atomic E-state index is -0.182. The minimum absolute atomic E-state index is 0.136. The summed E-state index contributed by atoms with van der Waals surface area (Å²) in [7, 11) is 0. The third-order valence-corrected chi connectivity index (χ3v) is 4.29. The first-order chi connectivity index (χ1) is 10.6. The van der Waals surface area contributed by atoms with Crippen LogP contribution in [0.2, 0.25) is 5.02 Å². The van der Waals surface area contributed by atoms with Gasteiger partial charge in [-0.2, -0.15) is 0 Å². The third kappa shape index (κ3) is 2.16. The smallest absolute Gasteiger partial charge is 0.296 e. The molecule has 1 aromatic heterocycles. The van der Waals surface area contributed by atoms with Crippen LogP contribution in [0.3, 0.4) is 0 Å². The van der Waals surface area contributed by atoms with Gasteiger partial charge in [0, 0.05) is 5.92 Å². The number of ether oxygens (including phenoxy) is 1. The first-order valence-electron chi connectivity index (χ1n) is 7.35. The number of anilines is 1. The van der Waals surface area contributed by atoms with Crippen LogP contribution in [-0.4, -0.2) is 23.5 Å². The molecule has 6 heteroatoms. The van der Waals surface area contributed by atoms with Crippen molar-refractivity contribution in [1.29, 1.82) is 0 Å². The molecule has 0 spiro atoms. The molecule has 1 amide bonds. The van der Waals surface area contributed by atoms with Gasteiger partial charge in [0.1, 0.15) is 6.10 Å². The highest BCUT2D eigenvalue weighted by molar-refractivity contribution is 6.32. The molecule has 0 saturated heterocycles. The Morgan fingerprint density at radius 1 is 1.41 bits per heavy atom. The lowest BCUT2D eigenvalue weighted by Gasteiger charge is -2.33. The van der Waals surface area contributed by atoms with Crippen LogP contribution >= 0.6 is 11.6 Å². The Morgan fingerprint density at radius 2 is 2.23 bits per heavy atom. The predicted molar refractivity (Wildman–Crippen MR) is 81.7 cm³/mol. The second-order valence-electron chi connectivity index (χ2n) is 5.77. The summed E-state index contributed by atoms with van der Waals surface area (Å²) in [5, 5.41) is 0.502. The molecule has 1 aliphatic heterocycles. The lowest BCUT2D eigenvalue weighted by atomic mass is 10.1. The molecule has 5 nitrogen and oxygen atoms in total. The summed E-state index contributed by atoms with van der Waals surface area (Å²) >= 11 is 6.20. The van der Waals surface area contributed by atoms with Gasteiger partial charge in [0.05, 0.1) is 22.9 Å². The van der Waals surface area contributed by atoms with Gasteiger partial charge in [-0.25, -0.2) is 4.98 Å². The van der Waals surface area contributed by atoms with Crippen LogP contribution in [-0.2, 0) is 0 Å². The van der Waals surface area contributed by atoms with Crippen molar-refractivity contribution in [3.8, 4) is 5.75 Å². The number of fused-ring (bicyclic) bond motifs is 1. The molecule has 4 rings (SSSR count). The number of nitrogens with zero attached hydrogens (tertiary/aromatic N) is 2. The molecule has 22 heavy (non-hydrogen) atoms. The monoisotopic (exact) mass is 318 g/mol. The van der Waals surface area contributed by atoms with E-state index in [0.717, 1.165) is 18.5 Å². The number of amides is 1. The van der Waals surface area contributed by atoms with Crippen LogP contribution in [0.5, 0.6) is 5.75 Å². The molecule has 1 unspecified atom stereocenters. The van der Waals surface area contributed by atoms with E-state index in [1.54, 1.807) is 11.0 Å². The summed E-state index contributed by atoms with van der Waals surface area (Å²) in [5.41, 5.74) is 1.45. The molecule has 0 bridgehead atoms. The molecule has 1 atom stereocenters. The number of oxazole rings is 1. The van der Waals surface area contributed by atoms with E-state index >= 15 is 0 Å². The number of carbonyl (C=O) groups excluding carboxylic acids is 1. The number of para-hydroxylation sites is 1. The number of halogens is 1. The maximum atomic E-state index is 12.9. The highest BCUT2D eigenvalue weighted by Gasteiger charge is 2.36. The van der Waals surface area contributed by atoms with E-state index in [9.17, 15) is 4.79 Å². The van der Waals surface area contributed by atoms with Gasteiger partial charge in [-0.15, -0.1) is 0 Å². The summed E-state index contributed by atoms with van der Waals surface area (Å²) in [6.45, 7) is 2.37. The summed E-state index contributed by atoms with van der Waals surface area (Å²) in [6.07, 6.45) is 3.34. The molecule has 2 heterocycles. The molecule has 1 fully saturated rings. The van der Waals surface area contributed by atoms with Crippen molar-refractivity contribution in [2.75, 3.05) is 11.4 Å². The van der Waals surface area contributed by atoms with Crippen LogP contribution in [0.4, 0.5) is 5.69 Å². The minimum Gasteiger partial charge on any atom is -0.485 e. The summed E-state index contributed by atoms with van der Waals surface area (Å²) < 4.78 is 11.2. The first-order valence-corrected chi connectivity index (χ1v) is 7.73. The fourth-order valence-corrected chi connectivity index (χ4v) is 3.01. The van der Waals surface area contributed by atoms with E-state index in [0.29, 0.717) is 34.7 Å². The normalized spacial score (nSPS) is 20.5. The molecule has 2 aliphatic rings. The summed E-state index contributed by atoms with van der Waals surface area (Å²) in [5.74, 6) is 1.05.